The highest BCUT2D eigenvalue weighted by atomic mass is 32.2. The zero-order valence-corrected chi connectivity index (χ0v) is 20.5. The zero-order chi connectivity index (χ0) is 23.9. The number of nitrogens with two attached hydrogens (primary N) is 1. The van der Waals surface area contributed by atoms with E-state index in [0.717, 1.165) is 57.1 Å². The Labute approximate surface area is 198 Å². The van der Waals surface area contributed by atoms with E-state index < -0.39 is 10.0 Å². The normalized spacial score (nSPS) is 15.5. The van der Waals surface area contributed by atoms with Crippen LogP contribution in [0.25, 0.3) is 0 Å². The van der Waals surface area contributed by atoms with Crippen LogP contribution in [0.4, 0.5) is 5.69 Å². The number of rotatable bonds is 14. The van der Waals surface area contributed by atoms with Crippen molar-refractivity contribution in [2.75, 3.05) is 30.9 Å². The second-order valence-corrected chi connectivity index (χ2v) is 10.5. The molecule has 1 fully saturated rings. The van der Waals surface area contributed by atoms with E-state index in [9.17, 15) is 8.42 Å². The number of nitrogens with zero attached hydrogens (tertiary/aromatic N) is 5. The van der Waals surface area contributed by atoms with E-state index in [1.54, 1.807) is 18.6 Å². The zero-order valence-electron chi connectivity index (χ0n) is 19.7. The third kappa shape index (κ3) is 10.5. The highest BCUT2D eigenvalue weighted by molar-refractivity contribution is 7.88. The van der Waals surface area contributed by atoms with Gasteiger partial charge in [0.25, 0.3) is 0 Å². The third-order valence-electron chi connectivity index (χ3n) is 5.94. The lowest BCUT2D eigenvalue weighted by Gasteiger charge is -2.25. The van der Waals surface area contributed by atoms with Crippen LogP contribution >= 0.6 is 0 Å². The van der Waals surface area contributed by atoms with Gasteiger partial charge < -0.3 is 10.6 Å². The molecule has 184 valence electrons. The molecule has 0 saturated heterocycles. The van der Waals surface area contributed by atoms with Crippen LogP contribution in [0.1, 0.15) is 70.6 Å². The van der Waals surface area contributed by atoms with Crippen LogP contribution in [-0.4, -0.2) is 49.8 Å². The summed E-state index contributed by atoms with van der Waals surface area (Å²) in [4.78, 5) is 15.2. The highest BCUT2D eigenvalue weighted by Crippen LogP contribution is 2.24. The fraction of sp³-hybridized carbons (Fsp3) is 0.696. The summed E-state index contributed by atoms with van der Waals surface area (Å²) in [5, 5.41) is 8.81. The Kier molecular flexibility index (Phi) is 12.1. The Morgan fingerprint density at radius 1 is 1.12 bits per heavy atom. The smallest absolute Gasteiger partial charge is 0.233 e. The van der Waals surface area contributed by atoms with E-state index in [0.29, 0.717) is 25.6 Å². The summed E-state index contributed by atoms with van der Waals surface area (Å²) in [5.74, 6) is 0.653. The number of pyridine rings is 1. The Balaban J connectivity index is 1.65. The summed E-state index contributed by atoms with van der Waals surface area (Å²) in [6, 6.07) is 3.67. The first kappa shape index (κ1) is 27.0. The number of hydrogen-bond donors (Lipinski definition) is 1. The van der Waals surface area contributed by atoms with E-state index in [-0.39, 0.29) is 5.96 Å². The predicted octanol–water partition coefficient (Wildman–Crippen LogP) is 3.80. The maximum Gasteiger partial charge on any atom is 0.233 e. The first-order valence-corrected chi connectivity index (χ1v) is 13.8. The van der Waals surface area contributed by atoms with Gasteiger partial charge in [-0.15, -0.1) is 4.99 Å². The van der Waals surface area contributed by atoms with Crippen LogP contribution in [0.3, 0.4) is 0 Å². The summed E-state index contributed by atoms with van der Waals surface area (Å²) in [5.41, 5.74) is 6.80. The van der Waals surface area contributed by atoms with Gasteiger partial charge in [0.2, 0.25) is 22.2 Å². The Hall–Kier alpha value is -2.22. The molecule has 1 aliphatic rings. The Morgan fingerprint density at radius 3 is 2.33 bits per heavy atom. The van der Waals surface area contributed by atoms with Gasteiger partial charge in [-0.25, -0.2) is 8.42 Å². The van der Waals surface area contributed by atoms with Crippen LogP contribution in [0.2, 0.25) is 0 Å². The number of aromatic nitrogens is 1. The van der Waals surface area contributed by atoms with Gasteiger partial charge in [-0.2, -0.15) is 5.26 Å². The predicted molar refractivity (Wildman–Crippen MR) is 131 cm³/mol. The van der Waals surface area contributed by atoms with Crippen LogP contribution in [0.15, 0.2) is 29.5 Å². The van der Waals surface area contributed by atoms with Gasteiger partial charge in [0.05, 0.1) is 12.9 Å². The number of unbranched alkanes of at least 4 members (excludes halogenated alkanes) is 5. The molecule has 0 aliphatic heterocycles. The quantitative estimate of drug-likeness (QED) is 0.142. The average molecular weight is 479 g/mol. The number of nitriles is 1. The fourth-order valence-corrected chi connectivity index (χ4v) is 4.81. The van der Waals surface area contributed by atoms with Crippen LogP contribution in [0.5, 0.6) is 0 Å². The number of sulfonamides is 1. The topological polar surface area (TPSA) is 125 Å². The van der Waals surface area contributed by atoms with Gasteiger partial charge in [0.15, 0.2) is 0 Å². The maximum atomic E-state index is 12.0. The second-order valence-electron chi connectivity index (χ2n) is 8.64. The minimum Gasteiger partial charge on any atom is -0.369 e. The molecule has 1 aromatic rings. The highest BCUT2D eigenvalue weighted by Gasteiger charge is 2.21. The summed E-state index contributed by atoms with van der Waals surface area (Å²) in [7, 11) is -3.36. The molecular weight excluding hydrogens is 440 g/mol. The van der Waals surface area contributed by atoms with Gasteiger partial charge in [0.1, 0.15) is 0 Å². The second kappa shape index (κ2) is 14.8. The van der Waals surface area contributed by atoms with E-state index in [4.69, 9.17) is 15.8 Å². The van der Waals surface area contributed by atoms with Crippen molar-refractivity contribution in [1.82, 2.24) is 9.45 Å². The molecule has 10 heteroatoms. The van der Waals surface area contributed by atoms with Crippen LogP contribution in [-0.2, 0) is 14.9 Å². The molecule has 0 aromatic carbocycles. The standard InChI is InChI=1S/C23H38N6O3S/c1-33(30,31)29(32-19-21-11-7-6-8-12-21)18-10-5-3-2-4-9-17-28(23(25)27-20-24)22-13-15-26-16-14-22/h13-16,21H,2-12,17-19H2,1H3,(H2,25,27). The van der Waals surface area contributed by atoms with Crippen molar-refractivity contribution in [2.24, 2.45) is 16.6 Å². The van der Waals surface area contributed by atoms with Gasteiger partial charge in [-0.1, -0.05) is 49.4 Å². The minimum absolute atomic E-state index is 0.179. The van der Waals surface area contributed by atoms with Gasteiger partial charge in [-0.3, -0.25) is 9.82 Å². The fourth-order valence-electron chi connectivity index (χ4n) is 4.10. The molecule has 1 aliphatic carbocycles. The molecule has 1 aromatic heterocycles. The molecule has 2 rings (SSSR count). The Morgan fingerprint density at radius 2 is 1.73 bits per heavy atom. The van der Waals surface area contributed by atoms with Crippen molar-refractivity contribution in [3.05, 3.63) is 24.5 Å². The number of aliphatic imine (C=N–C) groups is 1. The molecule has 0 atom stereocenters. The SMILES string of the molecule is CS(=O)(=O)N(CCCCCCCCN(C(N)=NC#N)c1ccncc1)OCC1CCCCC1. The molecule has 0 bridgehead atoms. The Bertz CT molecular complexity index is 851. The molecule has 1 saturated carbocycles. The molecule has 9 nitrogen and oxygen atoms in total. The molecule has 2 N–H and O–H groups in total. The van der Waals surface area contributed by atoms with E-state index >= 15 is 0 Å². The minimum atomic E-state index is -3.36. The van der Waals surface area contributed by atoms with E-state index in [1.165, 1.54) is 30.0 Å². The maximum absolute atomic E-state index is 12.0. The summed E-state index contributed by atoms with van der Waals surface area (Å²) >= 11 is 0. The van der Waals surface area contributed by atoms with Crippen molar-refractivity contribution in [3.63, 3.8) is 0 Å². The lowest BCUT2D eigenvalue weighted by molar-refractivity contribution is -0.102. The number of anilines is 1. The molecule has 0 amide bonds. The lowest BCUT2D eigenvalue weighted by Crippen LogP contribution is -2.38. The van der Waals surface area contributed by atoms with E-state index in [2.05, 4.69) is 9.98 Å². The van der Waals surface area contributed by atoms with Crippen molar-refractivity contribution in [3.8, 4) is 6.19 Å². The largest absolute Gasteiger partial charge is 0.369 e. The van der Waals surface area contributed by atoms with Crippen molar-refractivity contribution in [1.29, 1.82) is 5.26 Å². The number of guanidine groups is 1. The van der Waals surface area contributed by atoms with Crippen molar-refractivity contribution < 1.29 is 13.3 Å². The average Bonchev–Trinajstić information content (AvgIpc) is 2.80. The molecule has 0 radical (unpaired) electrons. The summed E-state index contributed by atoms with van der Waals surface area (Å²) in [6.45, 7) is 1.57. The molecule has 0 unspecified atom stereocenters. The molecular formula is C23H38N6O3S. The van der Waals surface area contributed by atoms with Gasteiger partial charge in [-0.05, 0) is 43.7 Å². The third-order valence-corrected chi connectivity index (χ3v) is 6.96. The van der Waals surface area contributed by atoms with Gasteiger partial charge in [0, 0.05) is 31.2 Å². The molecule has 33 heavy (non-hydrogen) atoms. The number of hydroxylamine groups is 1. The van der Waals surface area contributed by atoms with Crippen molar-refractivity contribution in [2.45, 2.75) is 70.6 Å². The van der Waals surface area contributed by atoms with E-state index in [1.807, 2.05) is 17.0 Å². The van der Waals surface area contributed by atoms with Crippen LogP contribution < -0.4 is 10.6 Å². The summed E-state index contributed by atoms with van der Waals surface area (Å²) < 4.78 is 25.3. The molecule has 1 heterocycles. The lowest BCUT2D eigenvalue weighted by atomic mass is 9.90. The first-order valence-electron chi connectivity index (χ1n) is 11.9. The van der Waals surface area contributed by atoms with Gasteiger partial charge >= 0.3 is 0 Å². The number of hydrogen-bond acceptors (Lipinski definition) is 6. The monoisotopic (exact) mass is 478 g/mol. The first-order chi connectivity index (χ1) is 15.9. The summed E-state index contributed by atoms with van der Waals surface area (Å²) in [6.07, 6.45) is 18.0. The molecule has 0 spiro atoms. The van der Waals surface area contributed by atoms with Crippen LogP contribution in [0, 0.1) is 17.4 Å². The van der Waals surface area contributed by atoms with Crippen molar-refractivity contribution >= 4 is 21.7 Å².